The van der Waals surface area contributed by atoms with E-state index >= 15 is 0 Å². The molecule has 148 valence electrons. The van der Waals surface area contributed by atoms with Crippen LogP contribution in [0.3, 0.4) is 0 Å². The smallest absolute Gasteiger partial charge is 0.338 e. The highest BCUT2D eigenvalue weighted by atomic mass is 79.9. The topological polar surface area (TPSA) is 46.5 Å². The molecule has 0 unspecified atom stereocenters. The van der Waals surface area contributed by atoms with Crippen molar-refractivity contribution in [1.29, 1.82) is 0 Å². The minimum Gasteiger partial charge on any atom is -0.453 e. The van der Waals surface area contributed by atoms with E-state index in [0.717, 1.165) is 28.4 Å². The molecule has 0 amide bonds. The van der Waals surface area contributed by atoms with Gasteiger partial charge in [0, 0.05) is 4.47 Å². The molecule has 0 aromatic heterocycles. The van der Waals surface area contributed by atoms with Gasteiger partial charge >= 0.3 is 5.97 Å². The maximum absolute atomic E-state index is 13.0. The predicted molar refractivity (Wildman–Crippen MR) is 117 cm³/mol. The van der Waals surface area contributed by atoms with E-state index in [1.54, 1.807) is 12.1 Å². The predicted octanol–water partition coefficient (Wildman–Crippen LogP) is 5.83. The second kappa shape index (κ2) is 8.52. The van der Waals surface area contributed by atoms with Gasteiger partial charge in [-0.25, -0.2) is 4.79 Å². The molecule has 1 fully saturated rings. The van der Waals surface area contributed by atoms with Crippen molar-refractivity contribution >= 4 is 21.9 Å². The number of carbonyl (C=O) groups is 1. The highest BCUT2D eigenvalue weighted by Gasteiger charge is 2.52. The molecule has 4 heteroatoms. The monoisotopic (exact) mass is 450 g/mol. The Morgan fingerprint density at radius 1 is 0.966 bits per heavy atom. The molecule has 1 aliphatic rings. The average Bonchev–Trinajstić information content (AvgIpc) is 3.15. The van der Waals surface area contributed by atoms with Gasteiger partial charge in [-0.2, -0.15) is 0 Å². The second-order valence-electron chi connectivity index (χ2n) is 7.52. The van der Waals surface area contributed by atoms with Gasteiger partial charge in [0.25, 0.3) is 0 Å². The zero-order valence-corrected chi connectivity index (χ0v) is 17.6. The lowest BCUT2D eigenvalue weighted by atomic mass is 9.70. The third kappa shape index (κ3) is 3.87. The maximum atomic E-state index is 13.0. The zero-order chi connectivity index (χ0) is 20.3. The number of benzene rings is 3. The first-order chi connectivity index (χ1) is 14.1. The average molecular weight is 451 g/mol. The van der Waals surface area contributed by atoms with Crippen LogP contribution < -0.4 is 0 Å². The number of ether oxygens (including phenoxy) is 1. The van der Waals surface area contributed by atoms with Crippen molar-refractivity contribution in [2.75, 3.05) is 0 Å². The molecule has 3 aromatic carbocycles. The molecule has 0 saturated heterocycles. The third-order valence-electron chi connectivity index (χ3n) is 5.85. The van der Waals surface area contributed by atoms with Crippen molar-refractivity contribution in [3.63, 3.8) is 0 Å². The molecular weight excluding hydrogens is 428 g/mol. The maximum Gasteiger partial charge on any atom is 0.338 e. The van der Waals surface area contributed by atoms with Gasteiger partial charge in [-0.15, -0.1) is 0 Å². The summed E-state index contributed by atoms with van der Waals surface area (Å²) >= 11 is 3.49. The van der Waals surface area contributed by atoms with Crippen molar-refractivity contribution in [2.24, 2.45) is 0 Å². The molecule has 1 aliphatic carbocycles. The van der Waals surface area contributed by atoms with Crippen molar-refractivity contribution in [3.8, 4) is 0 Å². The van der Waals surface area contributed by atoms with Crippen LogP contribution in [0.5, 0.6) is 0 Å². The zero-order valence-electron chi connectivity index (χ0n) is 16.0. The van der Waals surface area contributed by atoms with E-state index in [1.807, 2.05) is 72.8 Å². The Hall–Kier alpha value is -2.43. The minimum atomic E-state index is -0.688. The molecule has 0 bridgehead atoms. The molecule has 3 atom stereocenters. The molecule has 0 heterocycles. The summed E-state index contributed by atoms with van der Waals surface area (Å²) in [5, 5.41) is 11.2. The van der Waals surface area contributed by atoms with Crippen molar-refractivity contribution in [3.05, 3.63) is 106 Å². The summed E-state index contributed by atoms with van der Waals surface area (Å²) in [6.45, 7) is 0. The fourth-order valence-electron chi connectivity index (χ4n) is 4.41. The highest BCUT2D eigenvalue weighted by molar-refractivity contribution is 9.10. The first kappa shape index (κ1) is 19.9. The largest absolute Gasteiger partial charge is 0.453 e. The van der Waals surface area contributed by atoms with Crippen LogP contribution >= 0.6 is 15.9 Å². The molecule has 29 heavy (non-hydrogen) atoms. The van der Waals surface area contributed by atoms with Gasteiger partial charge in [0.05, 0.1) is 17.1 Å². The van der Waals surface area contributed by atoms with Gasteiger partial charge in [-0.05, 0) is 54.7 Å². The van der Waals surface area contributed by atoms with E-state index in [9.17, 15) is 9.90 Å². The normalized spacial score (nSPS) is 22.2. The lowest BCUT2D eigenvalue weighted by Gasteiger charge is -2.40. The summed E-state index contributed by atoms with van der Waals surface area (Å²) in [6.07, 6.45) is 1.12. The van der Waals surface area contributed by atoms with E-state index in [2.05, 4.69) is 15.9 Å². The Balaban J connectivity index is 1.81. The summed E-state index contributed by atoms with van der Waals surface area (Å²) < 4.78 is 7.13. The summed E-state index contributed by atoms with van der Waals surface area (Å²) in [5.41, 5.74) is 1.69. The van der Waals surface area contributed by atoms with E-state index < -0.39 is 17.6 Å². The number of esters is 1. The molecule has 1 N–H and O–H groups in total. The standard InChI is InChI=1S/C25H23BrO3/c26-21-15-13-20(14-16-21)25(17-7-12-22(25)27)23(18-8-3-1-4-9-18)29-24(28)19-10-5-2-6-11-19/h1-6,8-11,13-16,22-23,27H,7,12,17H2/t22-,23-,25+/m0/s1. The summed E-state index contributed by atoms with van der Waals surface area (Å²) in [4.78, 5) is 13.0. The quantitative estimate of drug-likeness (QED) is 0.497. The number of rotatable bonds is 5. The molecular formula is C25H23BrO3. The Bertz CT molecular complexity index is 956. The van der Waals surface area contributed by atoms with Gasteiger partial charge in [0.2, 0.25) is 0 Å². The van der Waals surface area contributed by atoms with Gasteiger partial charge in [0.1, 0.15) is 6.10 Å². The van der Waals surface area contributed by atoms with Gasteiger partial charge in [-0.1, -0.05) is 76.6 Å². The third-order valence-corrected chi connectivity index (χ3v) is 6.38. The van der Waals surface area contributed by atoms with Gasteiger partial charge in [-0.3, -0.25) is 0 Å². The molecule has 4 rings (SSSR count). The fourth-order valence-corrected chi connectivity index (χ4v) is 4.68. The van der Waals surface area contributed by atoms with Crippen LogP contribution in [0.15, 0.2) is 89.4 Å². The van der Waals surface area contributed by atoms with E-state index in [-0.39, 0.29) is 5.97 Å². The van der Waals surface area contributed by atoms with Crippen LogP contribution in [0, 0.1) is 0 Å². The Labute approximate surface area is 179 Å². The summed E-state index contributed by atoms with van der Waals surface area (Å²) in [5.74, 6) is -0.380. The van der Waals surface area contributed by atoms with Crippen LogP contribution in [-0.2, 0) is 10.2 Å². The Morgan fingerprint density at radius 3 is 2.17 bits per heavy atom. The molecule has 0 radical (unpaired) electrons. The lowest BCUT2D eigenvalue weighted by Crippen LogP contribution is -2.43. The van der Waals surface area contributed by atoms with Crippen molar-refractivity contribution < 1.29 is 14.6 Å². The van der Waals surface area contributed by atoms with E-state index in [1.165, 1.54) is 0 Å². The van der Waals surface area contributed by atoms with Crippen LogP contribution in [0.25, 0.3) is 0 Å². The number of carbonyl (C=O) groups excluding carboxylic acids is 1. The Morgan fingerprint density at radius 2 is 1.59 bits per heavy atom. The van der Waals surface area contributed by atoms with Crippen LogP contribution in [0.1, 0.15) is 46.9 Å². The first-order valence-corrected chi connectivity index (χ1v) is 10.7. The molecule has 0 aliphatic heterocycles. The van der Waals surface area contributed by atoms with Crippen molar-refractivity contribution in [1.82, 2.24) is 0 Å². The molecule has 1 saturated carbocycles. The number of hydrogen-bond donors (Lipinski definition) is 1. The van der Waals surface area contributed by atoms with Gasteiger partial charge in [0.15, 0.2) is 0 Å². The fraction of sp³-hybridized carbons (Fsp3) is 0.240. The number of aliphatic hydroxyl groups excluding tert-OH is 1. The number of hydrogen-bond acceptors (Lipinski definition) is 3. The van der Waals surface area contributed by atoms with Crippen LogP contribution in [0.4, 0.5) is 0 Å². The van der Waals surface area contributed by atoms with Gasteiger partial charge < -0.3 is 9.84 Å². The molecule has 0 spiro atoms. The van der Waals surface area contributed by atoms with E-state index in [0.29, 0.717) is 12.0 Å². The summed E-state index contributed by atoms with van der Waals surface area (Å²) in [6, 6.07) is 26.8. The second-order valence-corrected chi connectivity index (χ2v) is 8.43. The molecule has 3 nitrogen and oxygen atoms in total. The SMILES string of the molecule is O=C(O[C@@H](c1ccccc1)[C@@]1(c2ccc(Br)cc2)CCC[C@@H]1O)c1ccccc1. The molecule has 3 aromatic rings. The van der Waals surface area contributed by atoms with Crippen LogP contribution in [0.2, 0.25) is 0 Å². The Kier molecular flexibility index (Phi) is 5.84. The number of aliphatic hydroxyl groups is 1. The van der Waals surface area contributed by atoms with E-state index in [4.69, 9.17) is 4.74 Å². The highest BCUT2D eigenvalue weighted by Crippen LogP contribution is 2.51. The summed E-state index contributed by atoms with van der Waals surface area (Å²) in [7, 11) is 0. The minimum absolute atomic E-state index is 0.380. The van der Waals surface area contributed by atoms with Crippen LogP contribution in [-0.4, -0.2) is 17.2 Å². The van der Waals surface area contributed by atoms with Crippen molar-refractivity contribution in [2.45, 2.75) is 36.9 Å². The number of halogens is 1. The lowest BCUT2D eigenvalue weighted by molar-refractivity contribution is -0.0282. The first-order valence-electron chi connectivity index (χ1n) is 9.86.